The van der Waals surface area contributed by atoms with Crippen LogP contribution in [0.4, 0.5) is 5.82 Å². The molecule has 0 spiro atoms. The second kappa shape index (κ2) is 8.12. The monoisotopic (exact) mass is 338 g/mol. The summed E-state index contributed by atoms with van der Waals surface area (Å²) in [5.74, 6) is 0.873. The number of nitrogens with one attached hydrogen (secondary N) is 1. The van der Waals surface area contributed by atoms with E-state index in [-0.39, 0.29) is 5.91 Å². The maximum atomic E-state index is 12.8. The minimum atomic E-state index is 0.101. The number of carbonyl (C=O) groups is 1. The maximum absolute atomic E-state index is 12.8. The van der Waals surface area contributed by atoms with Crippen LogP contribution in [0, 0.1) is 6.92 Å². The average Bonchev–Trinajstić information content (AvgIpc) is 2.62. The summed E-state index contributed by atoms with van der Waals surface area (Å²) in [5.41, 5.74) is 2.91. The number of amides is 1. The van der Waals surface area contributed by atoms with Crippen LogP contribution in [-0.2, 0) is 6.54 Å². The molecule has 1 aromatic heterocycles. The molecule has 0 unspecified atom stereocenters. The van der Waals surface area contributed by atoms with Crippen molar-refractivity contribution in [2.24, 2.45) is 0 Å². The molecule has 2 heterocycles. The van der Waals surface area contributed by atoms with Gasteiger partial charge in [-0.25, -0.2) is 4.98 Å². The molecule has 1 fully saturated rings. The highest BCUT2D eigenvalue weighted by molar-refractivity contribution is 5.95. The van der Waals surface area contributed by atoms with Crippen molar-refractivity contribution >= 4 is 11.7 Å². The molecule has 0 atom stereocenters. The van der Waals surface area contributed by atoms with Gasteiger partial charge in [-0.3, -0.25) is 9.69 Å². The second-order valence-corrected chi connectivity index (χ2v) is 6.47. The Balaban J connectivity index is 1.60. The van der Waals surface area contributed by atoms with Crippen molar-refractivity contribution in [3.8, 4) is 0 Å². The van der Waals surface area contributed by atoms with Gasteiger partial charge in [0.1, 0.15) is 5.82 Å². The Morgan fingerprint density at radius 1 is 1.12 bits per heavy atom. The summed E-state index contributed by atoms with van der Waals surface area (Å²) in [7, 11) is 0. The van der Waals surface area contributed by atoms with Crippen LogP contribution in [0.3, 0.4) is 0 Å². The number of rotatable bonds is 5. The van der Waals surface area contributed by atoms with E-state index in [9.17, 15) is 4.79 Å². The molecule has 25 heavy (non-hydrogen) atoms. The predicted octanol–water partition coefficient (Wildman–Crippen LogP) is 2.78. The topological polar surface area (TPSA) is 48.5 Å². The molecule has 0 aliphatic carbocycles. The Bertz CT molecular complexity index is 709. The highest BCUT2D eigenvalue weighted by Crippen LogP contribution is 2.15. The molecule has 5 heteroatoms. The van der Waals surface area contributed by atoms with E-state index < -0.39 is 0 Å². The van der Waals surface area contributed by atoms with Crippen molar-refractivity contribution in [2.75, 3.05) is 38.0 Å². The number of carbonyl (C=O) groups excluding carboxylic acids is 1. The third-order valence-corrected chi connectivity index (χ3v) is 4.47. The zero-order valence-corrected chi connectivity index (χ0v) is 15.0. The normalized spacial score (nSPS) is 15.2. The fourth-order valence-corrected chi connectivity index (χ4v) is 3.20. The first-order valence-corrected chi connectivity index (χ1v) is 8.94. The number of pyridine rings is 1. The highest BCUT2D eigenvalue weighted by Gasteiger charge is 2.22. The molecule has 0 radical (unpaired) electrons. The number of benzene rings is 1. The van der Waals surface area contributed by atoms with Crippen LogP contribution in [-0.4, -0.2) is 53.4 Å². The smallest absolute Gasteiger partial charge is 0.254 e. The van der Waals surface area contributed by atoms with Crippen molar-refractivity contribution in [1.82, 2.24) is 14.8 Å². The standard InChI is InChI=1S/C20H26N4O/c1-3-21-19-14-18(13-16(2)22-19)20(25)24-11-9-23(10-12-24)15-17-7-5-4-6-8-17/h4-8,13-14H,3,9-12,15H2,1-2H3,(H,21,22). The van der Waals surface area contributed by atoms with E-state index >= 15 is 0 Å². The fraction of sp³-hybridized carbons (Fsp3) is 0.400. The summed E-state index contributed by atoms with van der Waals surface area (Å²) in [4.78, 5) is 21.6. The number of anilines is 1. The van der Waals surface area contributed by atoms with Gasteiger partial charge in [-0.15, -0.1) is 0 Å². The summed E-state index contributed by atoms with van der Waals surface area (Å²) in [6, 6.07) is 14.2. The first-order valence-electron chi connectivity index (χ1n) is 8.94. The van der Waals surface area contributed by atoms with Crippen molar-refractivity contribution in [1.29, 1.82) is 0 Å². The minimum Gasteiger partial charge on any atom is -0.370 e. The number of nitrogens with zero attached hydrogens (tertiary/aromatic N) is 3. The Labute approximate surface area is 149 Å². The van der Waals surface area contributed by atoms with Gasteiger partial charge >= 0.3 is 0 Å². The van der Waals surface area contributed by atoms with Gasteiger partial charge in [0.2, 0.25) is 0 Å². The van der Waals surface area contributed by atoms with E-state index in [1.807, 2.05) is 36.9 Å². The van der Waals surface area contributed by atoms with Gasteiger partial charge in [0.05, 0.1) is 0 Å². The summed E-state index contributed by atoms with van der Waals surface area (Å²) in [5, 5.41) is 3.19. The first-order chi connectivity index (χ1) is 12.2. The summed E-state index contributed by atoms with van der Waals surface area (Å²) >= 11 is 0. The van der Waals surface area contributed by atoms with Crippen LogP contribution in [0.5, 0.6) is 0 Å². The number of aromatic nitrogens is 1. The SMILES string of the molecule is CCNc1cc(C(=O)N2CCN(Cc3ccccc3)CC2)cc(C)n1. The molecule has 132 valence electrons. The maximum Gasteiger partial charge on any atom is 0.254 e. The zero-order valence-electron chi connectivity index (χ0n) is 15.0. The number of piperazine rings is 1. The molecule has 1 aromatic carbocycles. The molecule has 1 aliphatic heterocycles. The summed E-state index contributed by atoms with van der Waals surface area (Å²) < 4.78 is 0. The van der Waals surface area contributed by atoms with Crippen LogP contribution in [0.1, 0.15) is 28.5 Å². The second-order valence-electron chi connectivity index (χ2n) is 6.47. The molecule has 5 nitrogen and oxygen atoms in total. The molecule has 1 amide bonds. The predicted molar refractivity (Wildman–Crippen MR) is 101 cm³/mol. The van der Waals surface area contributed by atoms with E-state index in [1.165, 1.54) is 5.56 Å². The lowest BCUT2D eigenvalue weighted by Crippen LogP contribution is -2.48. The molecule has 0 bridgehead atoms. The Hall–Kier alpha value is -2.40. The van der Waals surface area contributed by atoms with Crippen LogP contribution < -0.4 is 5.32 Å². The van der Waals surface area contributed by atoms with Gasteiger partial charge in [0, 0.05) is 50.5 Å². The van der Waals surface area contributed by atoms with Gasteiger partial charge in [0.15, 0.2) is 0 Å². The van der Waals surface area contributed by atoms with Crippen LogP contribution in [0.25, 0.3) is 0 Å². The lowest BCUT2D eigenvalue weighted by molar-refractivity contribution is 0.0628. The Morgan fingerprint density at radius 3 is 2.52 bits per heavy atom. The van der Waals surface area contributed by atoms with E-state index in [0.29, 0.717) is 0 Å². The largest absolute Gasteiger partial charge is 0.370 e. The first kappa shape index (κ1) is 17.4. The third kappa shape index (κ3) is 4.57. The molecule has 1 N–H and O–H groups in total. The third-order valence-electron chi connectivity index (χ3n) is 4.47. The molecule has 1 aliphatic rings. The highest BCUT2D eigenvalue weighted by atomic mass is 16.2. The number of hydrogen-bond acceptors (Lipinski definition) is 4. The van der Waals surface area contributed by atoms with Gasteiger partial charge in [-0.1, -0.05) is 30.3 Å². The van der Waals surface area contributed by atoms with Crippen molar-refractivity contribution < 1.29 is 4.79 Å². The zero-order chi connectivity index (χ0) is 17.6. The van der Waals surface area contributed by atoms with E-state index in [2.05, 4.69) is 39.5 Å². The lowest BCUT2D eigenvalue weighted by Gasteiger charge is -2.34. The van der Waals surface area contributed by atoms with Gasteiger partial charge in [0.25, 0.3) is 5.91 Å². The molecular weight excluding hydrogens is 312 g/mol. The number of aryl methyl sites for hydroxylation is 1. The van der Waals surface area contributed by atoms with Gasteiger partial charge in [-0.05, 0) is 31.5 Å². The lowest BCUT2D eigenvalue weighted by atomic mass is 10.1. The van der Waals surface area contributed by atoms with Crippen molar-refractivity contribution in [2.45, 2.75) is 20.4 Å². The number of hydrogen-bond donors (Lipinski definition) is 1. The van der Waals surface area contributed by atoms with Crippen LogP contribution in [0.15, 0.2) is 42.5 Å². The van der Waals surface area contributed by atoms with E-state index in [0.717, 1.165) is 56.3 Å². The molecular formula is C20H26N4O. The molecule has 3 rings (SSSR count). The summed E-state index contributed by atoms with van der Waals surface area (Å²) in [6.45, 7) is 9.04. The average molecular weight is 338 g/mol. The fourth-order valence-electron chi connectivity index (χ4n) is 3.20. The van der Waals surface area contributed by atoms with Crippen LogP contribution in [0.2, 0.25) is 0 Å². The van der Waals surface area contributed by atoms with Gasteiger partial charge in [-0.2, -0.15) is 0 Å². The molecule has 1 saturated heterocycles. The van der Waals surface area contributed by atoms with Crippen molar-refractivity contribution in [3.05, 3.63) is 59.3 Å². The van der Waals surface area contributed by atoms with E-state index in [4.69, 9.17) is 0 Å². The minimum absolute atomic E-state index is 0.101. The van der Waals surface area contributed by atoms with Crippen LogP contribution >= 0.6 is 0 Å². The van der Waals surface area contributed by atoms with E-state index in [1.54, 1.807) is 0 Å². The molecule has 2 aromatic rings. The Morgan fingerprint density at radius 2 is 1.84 bits per heavy atom. The van der Waals surface area contributed by atoms with Gasteiger partial charge < -0.3 is 10.2 Å². The van der Waals surface area contributed by atoms with Crippen molar-refractivity contribution in [3.63, 3.8) is 0 Å². The quantitative estimate of drug-likeness (QED) is 0.911. The molecule has 0 saturated carbocycles. The summed E-state index contributed by atoms with van der Waals surface area (Å²) in [6.07, 6.45) is 0. The Kier molecular flexibility index (Phi) is 5.66.